The number of benzene rings is 1. The molecule has 0 atom stereocenters. The maximum Gasteiger partial charge on any atom is 0.194 e. The van der Waals surface area contributed by atoms with Crippen LogP contribution >= 0.6 is 47.1 Å². The van der Waals surface area contributed by atoms with Gasteiger partial charge in [0.2, 0.25) is 0 Å². The number of thiazole rings is 1. The summed E-state index contributed by atoms with van der Waals surface area (Å²) in [5, 5.41) is 6.60. The van der Waals surface area contributed by atoms with Gasteiger partial charge in [-0.2, -0.15) is 11.8 Å². The summed E-state index contributed by atoms with van der Waals surface area (Å²) in [7, 11) is 3.53. The lowest BCUT2D eigenvalue weighted by molar-refractivity contribution is 0.375. The number of halogens is 1. The van der Waals surface area contributed by atoms with Gasteiger partial charge in [-0.1, -0.05) is 0 Å². The van der Waals surface area contributed by atoms with E-state index in [-0.39, 0.29) is 28.7 Å². The number of nitrogens with zero attached hydrogens (tertiary/aromatic N) is 3. The van der Waals surface area contributed by atoms with Crippen molar-refractivity contribution in [3.63, 3.8) is 0 Å². The van der Waals surface area contributed by atoms with E-state index in [0.717, 1.165) is 46.8 Å². The van der Waals surface area contributed by atoms with Crippen molar-refractivity contribution in [1.29, 1.82) is 0 Å². The van der Waals surface area contributed by atoms with Crippen LogP contribution in [-0.2, 0) is 6.54 Å². The van der Waals surface area contributed by atoms with E-state index in [0.29, 0.717) is 6.54 Å². The second-order valence-corrected chi connectivity index (χ2v) is 9.46. The summed E-state index contributed by atoms with van der Waals surface area (Å²) in [4.78, 5) is 11.6. The number of hydrogen-bond acceptors (Lipinski definition) is 5. The lowest BCUT2D eigenvalue weighted by atomic mass is 10.2. The Balaban J connectivity index is 0.00000261. The van der Waals surface area contributed by atoms with Crippen LogP contribution < -0.4 is 10.1 Å². The number of methoxy groups -OCH3 is 1. The quantitative estimate of drug-likeness (QED) is 0.371. The minimum absolute atomic E-state index is 0. The van der Waals surface area contributed by atoms with E-state index < -0.39 is 0 Å². The third-order valence-corrected chi connectivity index (χ3v) is 6.49. The maximum atomic E-state index is 5.21. The highest BCUT2D eigenvalue weighted by Gasteiger charge is 2.28. The van der Waals surface area contributed by atoms with Gasteiger partial charge in [0.05, 0.1) is 19.3 Å². The molecule has 0 bridgehead atoms. The molecule has 2 aromatic rings. The van der Waals surface area contributed by atoms with Crippen LogP contribution in [0.1, 0.15) is 19.5 Å². The lowest BCUT2D eigenvalue weighted by Crippen LogP contribution is -2.50. The fraction of sp³-hybridized carbons (Fsp3) is 0.474. The molecule has 1 aliphatic rings. The summed E-state index contributed by atoms with van der Waals surface area (Å²) >= 11 is 3.69. The smallest absolute Gasteiger partial charge is 0.194 e. The first kappa shape index (κ1) is 22.3. The standard InChI is InChI=1S/C19H26N4OS2.HI/c1-19(2)13-23(9-10-26-19)18(20-3)21-11-15-12-25-17(22-15)14-5-7-16(24-4)8-6-14;/h5-8,12H,9-11,13H2,1-4H3,(H,20,21);1H. The van der Waals surface area contributed by atoms with Crippen LogP contribution in [0, 0.1) is 0 Å². The average Bonchev–Trinajstić information content (AvgIpc) is 3.10. The predicted molar refractivity (Wildman–Crippen MR) is 128 cm³/mol. The summed E-state index contributed by atoms with van der Waals surface area (Å²) < 4.78 is 5.48. The Kier molecular flexibility index (Phi) is 8.23. The van der Waals surface area contributed by atoms with E-state index in [2.05, 4.69) is 34.4 Å². The molecule has 1 aromatic carbocycles. The van der Waals surface area contributed by atoms with Gasteiger partial charge in [-0.05, 0) is 38.1 Å². The van der Waals surface area contributed by atoms with E-state index in [1.165, 1.54) is 0 Å². The predicted octanol–water partition coefficient (Wildman–Crippen LogP) is 4.34. The topological polar surface area (TPSA) is 49.8 Å². The third kappa shape index (κ3) is 5.99. The van der Waals surface area contributed by atoms with Crippen molar-refractivity contribution in [1.82, 2.24) is 15.2 Å². The number of hydrogen-bond donors (Lipinski definition) is 1. The zero-order valence-corrected chi connectivity index (χ0v) is 20.2. The Labute approximate surface area is 187 Å². The molecule has 0 aliphatic carbocycles. The Hall–Kier alpha value is -1.00. The summed E-state index contributed by atoms with van der Waals surface area (Å²) in [6.07, 6.45) is 0. The summed E-state index contributed by atoms with van der Waals surface area (Å²) in [5.74, 6) is 2.95. The molecular formula is C19H27IN4OS2. The summed E-state index contributed by atoms with van der Waals surface area (Å²) in [6.45, 7) is 7.30. The molecule has 27 heavy (non-hydrogen) atoms. The molecule has 3 rings (SSSR count). The molecule has 0 spiro atoms. The van der Waals surface area contributed by atoms with Crippen LogP contribution in [0.15, 0.2) is 34.6 Å². The van der Waals surface area contributed by atoms with Crippen molar-refractivity contribution >= 4 is 53.0 Å². The minimum atomic E-state index is 0. The number of aromatic nitrogens is 1. The molecule has 1 fully saturated rings. The Morgan fingerprint density at radius 1 is 1.33 bits per heavy atom. The van der Waals surface area contributed by atoms with E-state index in [4.69, 9.17) is 9.72 Å². The first-order valence-corrected chi connectivity index (χ1v) is 10.6. The molecule has 0 amide bonds. The summed E-state index contributed by atoms with van der Waals surface area (Å²) in [6, 6.07) is 8.02. The molecule has 0 radical (unpaired) electrons. The van der Waals surface area contributed by atoms with Gasteiger partial charge >= 0.3 is 0 Å². The zero-order valence-electron chi connectivity index (χ0n) is 16.2. The minimum Gasteiger partial charge on any atom is -0.497 e. The SMILES string of the molecule is CN=C(NCc1csc(-c2ccc(OC)cc2)n1)N1CCSC(C)(C)C1.I. The van der Waals surface area contributed by atoms with Gasteiger partial charge in [-0.25, -0.2) is 4.98 Å². The Morgan fingerprint density at radius 2 is 2.07 bits per heavy atom. The molecule has 1 N–H and O–H groups in total. The average molecular weight is 518 g/mol. The third-order valence-electron chi connectivity index (χ3n) is 4.25. The fourth-order valence-corrected chi connectivity index (χ4v) is 4.89. The molecule has 5 nitrogen and oxygen atoms in total. The van der Waals surface area contributed by atoms with E-state index in [1.54, 1.807) is 18.4 Å². The van der Waals surface area contributed by atoms with Gasteiger partial charge in [0.15, 0.2) is 5.96 Å². The fourth-order valence-electron chi connectivity index (χ4n) is 2.95. The van der Waals surface area contributed by atoms with Gasteiger partial charge in [-0.3, -0.25) is 4.99 Å². The van der Waals surface area contributed by atoms with E-state index in [1.807, 2.05) is 43.1 Å². The maximum absolute atomic E-state index is 5.21. The van der Waals surface area contributed by atoms with Crippen LogP contribution in [0.4, 0.5) is 0 Å². The highest BCUT2D eigenvalue weighted by Crippen LogP contribution is 2.29. The van der Waals surface area contributed by atoms with Crippen LogP contribution in [0.2, 0.25) is 0 Å². The van der Waals surface area contributed by atoms with Gasteiger partial charge in [0, 0.05) is 41.6 Å². The van der Waals surface area contributed by atoms with Crippen molar-refractivity contribution in [2.24, 2.45) is 4.99 Å². The van der Waals surface area contributed by atoms with Crippen LogP contribution in [0.3, 0.4) is 0 Å². The molecule has 1 saturated heterocycles. The number of rotatable bonds is 4. The highest BCUT2D eigenvalue weighted by molar-refractivity contribution is 14.0. The monoisotopic (exact) mass is 518 g/mol. The molecule has 0 unspecified atom stereocenters. The van der Waals surface area contributed by atoms with Crippen molar-refractivity contribution in [2.75, 3.05) is 33.0 Å². The molecule has 8 heteroatoms. The molecule has 2 heterocycles. The molecular weight excluding hydrogens is 491 g/mol. The number of thioether (sulfide) groups is 1. The van der Waals surface area contributed by atoms with Crippen LogP contribution in [-0.4, -0.2) is 53.6 Å². The van der Waals surface area contributed by atoms with Crippen molar-refractivity contribution in [3.8, 4) is 16.3 Å². The number of aliphatic imine (C=N–C) groups is 1. The molecule has 148 valence electrons. The molecule has 1 aliphatic heterocycles. The zero-order chi connectivity index (χ0) is 18.6. The van der Waals surface area contributed by atoms with Gasteiger partial charge in [0.25, 0.3) is 0 Å². The van der Waals surface area contributed by atoms with Crippen LogP contribution in [0.25, 0.3) is 10.6 Å². The normalized spacial score (nSPS) is 16.6. The Bertz CT molecular complexity index is 761. The summed E-state index contributed by atoms with van der Waals surface area (Å²) in [5.41, 5.74) is 2.15. The number of guanidine groups is 1. The van der Waals surface area contributed by atoms with Gasteiger partial charge in [0.1, 0.15) is 10.8 Å². The van der Waals surface area contributed by atoms with E-state index in [9.17, 15) is 0 Å². The van der Waals surface area contributed by atoms with Crippen LogP contribution in [0.5, 0.6) is 5.75 Å². The van der Waals surface area contributed by atoms with Crippen molar-refractivity contribution in [2.45, 2.75) is 25.1 Å². The van der Waals surface area contributed by atoms with E-state index >= 15 is 0 Å². The molecule has 1 aromatic heterocycles. The first-order valence-electron chi connectivity index (χ1n) is 8.69. The lowest BCUT2D eigenvalue weighted by Gasteiger charge is -2.39. The number of nitrogens with one attached hydrogen (secondary N) is 1. The van der Waals surface area contributed by atoms with Gasteiger partial charge < -0.3 is 15.0 Å². The van der Waals surface area contributed by atoms with Crippen molar-refractivity contribution < 1.29 is 4.74 Å². The number of ether oxygens (including phenoxy) is 1. The second-order valence-electron chi connectivity index (χ2n) is 6.80. The second kappa shape index (κ2) is 9.97. The first-order chi connectivity index (χ1) is 12.5. The van der Waals surface area contributed by atoms with Crippen molar-refractivity contribution in [3.05, 3.63) is 35.3 Å². The largest absolute Gasteiger partial charge is 0.497 e. The molecule has 0 saturated carbocycles. The van der Waals surface area contributed by atoms with Gasteiger partial charge in [-0.15, -0.1) is 35.3 Å². The highest BCUT2D eigenvalue weighted by atomic mass is 127. The Morgan fingerprint density at radius 3 is 2.70 bits per heavy atom.